The Morgan fingerprint density at radius 2 is 1.65 bits per heavy atom. The van der Waals surface area contributed by atoms with E-state index in [-0.39, 0.29) is 16.0 Å². The summed E-state index contributed by atoms with van der Waals surface area (Å²) in [5.41, 5.74) is 3.23. The van der Waals surface area contributed by atoms with E-state index in [2.05, 4.69) is 30.5 Å². The predicted octanol–water partition coefficient (Wildman–Crippen LogP) is 5.50. The average molecular weight is 474 g/mol. The molecule has 0 bridgehead atoms. The van der Waals surface area contributed by atoms with Gasteiger partial charge in [-0.1, -0.05) is 45.0 Å². The van der Waals surface area contributed by atoms with Crippen LogP contribution in [0.3, 0.4) is 0 Å². The van der Waals surface area contributed by atoms with Crippen molar-refractivity contribution < 1.29 is 18.3 Å². The molecule has 4 rings (SSSR count). The summed E-state index contributed by atoms with van der Waals surface area (Å²) in [6.45, 7) is 6.16. The van der Waals surface area contributed by atoms with Gasteiger partial charge in [-0.05, 0) is 59.0 Å². The second-order valence-electron chi connectivity index (χ2n) is 9.01. The Kier molecular flexibility index (Phi) is 5.67. The van der Waals surface area contributed by atoms with Crippen molar-refractivity contribution in [1.29, 1.82) is 5.26 Å². The van der Waals surface area contributed by atoms with Gasteiger partial charge in [-0.25, -0.2) is 13.2 Å². The summed E-state index contributed by atoms with van der Waals surface area (Å²) in [6, 6.07) is 20.1. The first kappa shape index (κ1) is 23.1. The SMILES string of the molecule is CC(C)(C)c1ccc(S(=O)(=O)Nc2ccc3[nH]c(C(=O)O)c(-c4ccc(C#N)cc4)c3c2)cc1. The van der Waals surface area contributed by atoms with E-state index in [1.54, 1.807) is 66.7 Å². The number of nitrogens with zero attached hydrogens (tertiary/aromatic N) is 1. The summed E-state index contributed by atoms with van der Waals surface area (Å²) in [4.78, 5) is 14.9. The maximum absolute atomic E-state index is 13.0. The van der Waals surface area contributed by atoms with Gasteiger partial charge in [0.15, 0.2) is 0 Å². The van der Waals surface area contributed by atoms with Gasteiger partial charge in [0.2, 0.25) is 0 Å². The second-order valence-corrected chi connectivity index (χ2v) is 10.7. The topological polar surface area (TPSA) is 123 Å². The Hall–Kier alpha value is -4.09. The molecular formula is C26H23N3O4S. The minimum Gasteiger partial charge on any atom is -0.477 e. The van der Waals surface area contributed by atoms with E-state index in [1.165, 1.54) is 0 Å². The van der Waals surface area contributed by atoms with Crippen molar-refractivity contribution >= 4 is 32.6 Å². The zero-order valence-corrected chi connectivity index (χ0v) is 19.7. The number of aromatic carboxylic acids is 1. The largest absolute Gasteiger partial charge is 0.477 e. The molecule has 3 aromatic carbocycles. The molecule has 0 aliphatic rings. The van der Waals surface area contributed by atoms with Crippen molar-refractivity contribution in [1.82, 2.24) is 4.98 Å². The number of nitrogens with one attached hydrogen (secondary N) is 2. The Labute approximate surface area is 197 Å². The molecule has 0 amide bonds. The maximum Gasteiger partial charge on any atom is 0.352 e. The van der Waals surface area contributed by atoms with Crippen LogP contribution in [0.25, 0.3) is 22.0 Å². The fraction of sp³-hybridized carbons (Fsp3) is 0.154. The number of sulfonamides is 1. The molecule has 0 saturated carbocycles. The number of fused-ring (bicyclic) bond motifs is 1. The summed E-state index contributed by atoms with van der Waals surface area (Å²) in [5, 5.41) is 19.3. The number of carbonyl (C=O) groups is 1. The van der Waals surface area contributed by atoms with Crippen molar-refractivity contribution in [2.75, 3.05) is 4.72 Å². The van der Waals surface area contributed by atoms with E-state index in [1.807, 2.05) is 6.07 Å². The molecule has 1 aromatic heterocycles. The van der Waals surface area contributed by atoms with Crippen LogP contribution in [0.4, 0.5) is 5.69 Å². The van der Waals surface area contributed by atoms with Crippen LogP contribution in [-0.4, -0.2) is 24.5 Å². The normalized spacial score (nSPS) is 11.8. The third-order valence-electron chi connectivity index (χ3n) is 5.60. The highest BCUT2D eigenvalue weighted by atomic mass is 32.2. The lowest BCUT2D eigenvalue weighted by atomic mass is 9.87. The molecule has 172 valence electrons. The minimum absolute atomic E-state index is 0.0162. The Morgan fingerprint density at radius 1 is 1.00 bits per heavy atom. The average Bonchev–Trinajstić information content (AvgIpc) is 3.17. The number of H-pyrrole nitrogens is 1. The number of hydrogen-bond acceptors (Lipinski definition) is 4. The monoisotopic (exact) mass is 473 g/mol. The van der Waals surface area contributed by atoms with Gasteiger partial charge in [0, 0.05) is 22.2 Å². The lowest BCUT2D eigenvalue weighted by Crippen LogP contribution is -2.14. The minimum atomic E-state index is -3.85. The zero-order valence-electron chi connectivity index (χ0n) is 18.9. The quantitative estimate of drug-likeness (QED) is 0.353. The van der Waals surface area contributed by atoms with Crippen LogP contribution in [0.15, 0.2) is 71.6 Å². The first-order valence-electron chi connectivity index (χ1n) is 10.5. The lowest BCUT2D eigenvalue weighted by molar-refractivity contribution is 0.0692. The van der Waals surface area contributed by atoms with E-state index < -0.39 is 16.0 Å². The van der Waals surface area contributed by atoms with Crippen LogP contribution in [0.5, 0.6) is 0 Å². The van der Waals surface area contributed by atoms with E-state index >= 15 is 0 Å². The number of nitriles is 1. The van der Waals surface area contributed by atoms with Crippen molar-refractivity contribution in [2.45, 2.75) is 31.1 Å². The number of rotatable bonds is 5. The summed E-state index contributed by atoms with van der Waals surface area (Å²) in [7, 11) is -3.85. The smallest absolute Gasteiger partial charge is 0.352 e. The number of hydrogen-bond donors (Lipinski definition) is 3. The van der Waals surface area contributed by atoms with Gasteiger partial charge in [0.05, 0.1) is 16.5 Å². The number of carboxylic acid groups (broad SMARTS) is 1. The highest BCUT2D eigenvalue weighted by molar-refractivity contribution is 7.92. The van der Waals surface area contributed by atoms with Crippen molar-refractivity contribution in [3.05, 3.63) is 83.6 Å². The van der Waals surface area contributed by atoms with Gasteiger partial charge in [-0.3, -0.25) is 4.72 Å². The fourth-order valence-electron chi connectivity index (χ4n) is 3.78. The summed E-state index contributed by atoms with van der Waals surface area (Å²) < 4.78 is 28.6. The molecule has 34 heavy (non-hydrogen) atoms. The van der Waals surface area contributed by atoms with Crippen LogP contribution in [0, 0.1) is 11.3 Å². The molecule has 0 saturated heterocycles. The third-order valence-corrected chi connectivity index (χ3v) is 7.00. The molecule has 0 spiro atoms. The molecule has 0 fully saturated rings. The van der Waals surface area contributed by atoms with Crippen LogP contribution in [-0.2, 0) is 15.4 Å². The number of benzene rings is 3. The molecule has 0 atom stereocenters. The number of carboxylic acids is 1. The highest BCUT2D eigenvalue weighted by Gasteiger charge is 2.21. The molecule has 7 nitrogen and oxygen atoms in total. The molecule has 0 aliphatic carbocycles. The van der Waals surface area contributed by atoms with Gasteiger partial charge in [0.25, 0.3) is 10.0 Å². The van der Waals surface area contributed by atoms with Gasteiger partial charge < -0.3 is 10.1 Å². The molecule has 0 aliphatic heterocycles. The van der Waals surface area contributed by atoms with E-state index in [4.69, 9.17) is 5.26 Å². The Bertz CT molecular complexity index is 1540. The van der Waals surface area contributed by atoms with Crippen molar-refractivity contribution in [3.63, 3.8) is 0 Å². The molecule has 8 heteroatoms. The molecule has 3 N–H and O–H groups in total. The van der Waals surface area contributed by atoms with Crippen molar-refractivity contribution in [3.8, 4) is 17.2 Å². The molecule has 4 aromatic rings. The van der Waals surface area contributed by atoms with E-state index in [0.717, 1.165) is 5.56 Å². The summed E-state index contributed by atoms with van der Waals surface area (Å²) in [6.07, 6.45) is 0. The predicted molar refractivity (Wildman–Crippen MR) is 131 cm³/mol. The van der Waals surface area contributed by atoms with Crippen LogP contribution < -0.4 is 4.72 Å². The van der Waals surface area contributed by atoms with Gasteiger partial charge in [0.1, 0.15) is 5.69 Å². The molecule has 1 heterocycles. The third kappa shape index (κ3) is 4.38. The van der Waals surface area contributed by atoms with Crippen LogP contribution >= 0.6 is 0 Å². The number of aromatic amines is 1. The number of aromatic nitrogens is 1. The van der Waals surface area contributed by atoms with E-state index in [9.17, 15) is 18.3 Å². The lowest BCUT2D eigenvalue weighted by Gasteiger charge is -2.19. The van der Waals surface area contributed by atoms with Gasteiger partial charge in [-0.15, -0.1) is 0 Å². The zero-order chi connectivity index (χ0) is 24.7. The highest BCUT2D eigenvalue weighted by Crippen LogP contribution is 2.35. The van der Waals surface area contributed by atoms with E-state index in [0.29, 0.717) is 33.3 Å². The van der Waals surface area contributed by atoms with Gasteiger partial charge in [-0.2, -0.15) is 5.26 Å². The molecule has 0 unspecified atom stereocenters. The van der Waals surface area contributed by atoms with Crippen LogP contribution in [0.2, 0.25) is 0 Å². The first-order valence-corrected chi connectivity index (χ1v) is 12.0. The van der Waals surface area contributed by atoms with Crippen LogP contribution in [0.1, 0.15) is 42.4 Å². The standard InChI is InChI=1S/C26H23N3O4S/c1-26(2,3)18-8-11-20(12-9-18)34(32,33)29-19-10-13-22-21(14-19)23(24(28-22)25(30)31)17-6-4-16(15-27)5-7-17/h4-14,28-29H,1-3H3,(H,30,31). The van der Waals surface area contributed by atoms with Gasteiger partial charge >= 0.3 is 5.97 Å². The Balaban J connectivity index is 1.76. The second kappa shape index (κ2) is 8.36. The molecule has 0 radical (unpaired) electrons. The first-order chi connectivity index (χ1) is 16.0. The fourth-order valence-corrected chi connectivity index (χ4v) is 4.82. The molecular weight excluding hydrogens is 450 g/mol. The van der Waals surface area contributed by atoms with Crippen molar-refractivity contribution in [2.24, 2.45) is 0 Å². The summed E-state index contributed by atoms with van der Waals surface area (Å²) >= 11 is 0. The summed E-state index contributed by atoms with van der Waals surface area (Å²) in [5.74, 6) is -1.14. The number of anilines is 1. The Morgan fingerprint density at radius 3 is 2.21 bits per heavy atom. The maximum atomic E-state index is 13.0.